The first-order chi connectivity index (χ1) is 10.7. The van der Waals surface area contributed by atoms with Crippen molar-refractivity contribution in [2.24, 2.45) is 0 Å². The van der Waals surface area contributed by atoms with E-state index >= 15 is 0 Å². The molecule has 22 heavy (non-hydrogen) atoms. The number of hydrogen-bond donors (Lipinski definition) is 0. The van der Waals surface area contributed by atoms with Gasteiger partial charge in [-0.25, -0.2) is 0 Å². The summed E-state index contributed by atoms with van der Waals surface area (Å²) in [6.45, 7) is 1.32. The van der Waals surface area contributed by atoms with Crippen molar-refractivity contribution in [1.29, 1.82) is 0 Å². The van der Waals surface area contributed by atoms with E-state index in [-0.39, 0.29) is 0 Å². The Kier molecular flexibility index (Phi) is 4.20. The van der Waals surface area contributed by atoms with Crippen LogP contribution in [-0.4, -0.2) is 25.0 Å². The summed E-state index contributed by atoms with van der Waals surface area (Å²) in [5, 5.41) is 0.683. The highest BCUT2D eigenvalue weighted by molar-refractivity contribution is 6.32. The quantitative estimate of drug-likeness (QED) is 0.771. The lowest BCUT2D eigenvalue weighted by Crippen LogP contribution is -2.20. The molecule has 0 unspecified atom stereocenters. The lowest BCUT2D eigenvalue weighted by molar-refractivity contribution is 0.425. The van der Waals surface area contributed by atoms with Crippen molar-refractivity contribution in [2.45, 2.75) is 0 Å². The first-order valence-corrected chi connectivity index (χ1v) is 7.45. The number of hydrogen-bond acceptors (Lipinski definition) is 2. The molecule has 1 aliphatic heterocycles. The highest BCUT2D eigenvalue weighted by Gasteiger charge is 2.18. The van der Waals surface area contributed by atoms with Crippen LogP contribution in [0.15, 0.2) is 42.5 Å². The molecule has 0 N–H and O–H groups in total. The Hall–Kier alpha value is -2.21. The molecule has 1 aliphatic rings. The van der Waals surface area contributed by atoms with Crippen LogP contribution >= 0.6 is 11.6 Å². The Morgan fingerprint density at radius 1 is 1.14 bits per heavy atom. The average molecular weight is 310 g/mol. The predicted molar refractivity (Wildman–Crippen MR) is 92.2 cm³/mol. The van der Waals surface area contributed by atoms with Crippen molar-refractivity contribution in [1.82, 2.24) is 4.90 Å². The second kappa shape index (κ2) is 6.27. The van der Waals surface area contributed by atoms with Crippen molar-refractivity contribution in [2.75, 3.05) is 20.1 Å². The molecule has 0 radical (unpaired) electrons. The minimum atomic E-state index is 0.593. The maximum Gasteiger partial charge on any atom is 0.136 e. The summed E-state index contributed by atoms with van der Waals surface area (Å²) in [5.74, 6) is 4.28. The fourth-order valence-corrected chi connectivity index (χ4v) is 2.79. The van der Waals surface area contributed by atoms with Crippen LogP contribution in [-0.2, 0) is 0 Å². The fourth-order valence-electron chi connectivity index (χ4n) is 2.57. The van der Waals surface area contributed by atoms with Gasteiger partial charge in [-0.1, -0.05) is 41.8 Å². The molecular formula is C19H16ClNO. The second-order valence-electron chi connectivity index (χ2n) is 5.30. The molecule has 0 saturated carbocycles. The second-order valence-corrected chi connectivity index (χ2v) is 5.70. The summed E-state index contributed by atoms with van der Waals surface area (Å²) in [6.07, 6.45) is 7.50. The molecule has 110 valence electrons. The highest BCUT2D eigenvalue weighted by Crippen LogP contribution is 2.40. The van der Waals surface area contributed by atoms with Crippen LogP contribution in [0.1, 0.15) is 11.1 Å². The number of terminal acetylenes is 1. The molecule has 0 saturated heterocycles. The number of fused-ring (bicyclic) bond motifs is 2. The van der Waals surface area contributed by atoms with Crippen LogP contribution in [0.3, 0.4) is 0 Å². The summed E-state index contributed by atoms with van der Waals surface area (Å²) in [6, 6.07) is 13.7. The molecule has 0 aromatic heterocycles. The van der Waals surface area contributed by atoms with Crippen molar-refractivity contribution in [3.63, 3.8) is 0 Å². The summed E-state index contributed by atoms with van der Waals surface area (Å²) in [5.41, 5.74) is 3.11. The van der Waals surface area contributed by atoms with Gasteiger partial charge in [-0.05, 0) is 36.9 Å². The van der Waals surface area contributed by atoms with Crippen LogP contribution < -0.4 is 4.74 Å². The van der Waals surface area contributed by atoms with Crippen LogP contribution in [0.4, 0.5) is 0 Å². The van der Waals surface area contributed by atoms with Crippen molar-refractivity contribution in [3.8, 4) is 23.8 Å². The Balaban J connectivity index is 2.12. The maximum absolute atomic E-state index is 6.35. The van der Waals surface area contributed by atoms with E-state index in [9.17, 15) is 0 Å². The van der Waals surface area contributed by atoms with E-state index < -0.39 is 0 Å². The van der Waals surface area contributed by atoms with Gasteiger partial charge in [0, 0.05) is 17.7 Å². The van der Waals surface area contributed by atoms with Gasteiger partial charge in [-0.3, -0.25) is 4.90 Å². The molecule has 3 rings (SSSR count). The number of ether oxygens (including phenoxy) is 1. The van der Waals surface area contributed by atoms with Gasteiger partial charge in [0.25, 0.3) is 0 Å². The Morgan fingerprint density at radius 2 is 1.91 bits per heavy atom. The molecule has 0 spiro atoms. The third kappa shape index (κ3) is 2.87. The average Bonchev–Trinajstić information content (AvgIpc) is 2.65. The Bertz CT molecular complexity index is 773. The van der Waals surface area contributed by atoms with Crippen LogP contribution in [0.25, 0.3) is 11.6 Å². The number of benzene rings is 2. The lowest BCUT2D eigenvalue weighted by atomic mass is 10.0. The number of halogens is 1. The first kappa shape index (κ1) is 14.7. The molecule has 2 aromatic carbocycles. The molecule has 0 bridgehead atoms. The van der Waals surface area contributed by atoms with E-state index in [1.54, 1.807) is 0 Å². The van der Waals surface area contributed by atoms with E-state index in [4.69, 9.17) is 22.8 Å². The van der Waals surface area contributed by atoms with Gasteiger partial charge in [0.2, 0.25) is 0 Å². The van der Waals surface area contributed by atoms with Crippen LogP contribution in [0.5, 0.6) is 11.5 Å². The van der Waals surface area contributed by atoms with Gasteiger partial charge in [0.15, 0.2) is 0 Å². The van der Waals surface area contributed by atoms with E-state index in [0.29, 0.717) is 11.6 Å². The molecule has 0 amide bonds. The Labute approximate surface area is 136 Å². The van der Waals surface area contributed by atoms with Crippen LogP contribution in [0.2, 0.25) is 5.02 Å². The van der Waals surface area contributed by atoms with Gasteiger partial charge in [-0.2, -0.15) is 0 Å². The van der Waals surface area contributed by atoms with Crippen molar-refractivity contribution >= 4 is 23.3 Å². The molecule has 0 fully saturated rings. The number of nitrogens with zero attached hydrogens (tertiary/aromatic N) is 1. The molecule has 0 atom stereocenters. The first-order valence-electron chi connectivity index (χ1n) is 7.07. The zero-order chi connectivity index (χ0) is 15.5. The van der Waals surface area contributed by atoms with E-state index in [0.717, 1.165) is 34.7 Å². The van der Waals surface area contributed by atoms with E-state index in [1.807, 2.05) is 43.4 Å². The summed E-state index contributed by atoms with van der Waals surface area (Å²) >= 11 is 6.35. The van der Waals surface area contributed by atoms with Gasteiger partial charge in [0.05, 0.1) is 11.6 Å². The van der Waals surface area contributed by atoms with Gasteiger partial charge in [0.1, 0.15) is 11.5 Å². The number of rotatable bonds is 3. The minimum absolute atomic E-state index is 0.593. The SMILES string of the molecule is C#CCN(C)CC1=Cc2c(Cl)cccc2Oc2ccccc21. The highest BCUT2D eigenvalue weighted by atomic mass is 35.5. The molecular weight excluding hydrogens is 294 g/mol. The topological polar surface area (TPSA) is 12.5 Å². The lowest BCUT2D eigenvalue weighted by Gasteiger charge is -2.17. The van der Waals surface area contributed by atoms with Gasteiger partial charge in [-0.15, -0.1) is 6.42 Å². The number of likely N-dealkylation sites (N-methyl/N-ethyl adjacent to an activating group) is 1. The van der Waals surface area contributed by atoms with Gasteiger partial charge < -0.3 is 4.74 Å². The number of para-hydroxylation sites is 1. The summed E-state index contributed by atoms with van der Waals surface area (Å²) in [4.78, 5) is 2.09. The van der Waals surface area contributed by atoms with E-state index in [1.165, 1.54) is 0 Å². The minimum Gasteiger partial charge on any atom is -0.456 e. The molecule has 2 nitrogen and oxygen atoms in total. The summed E-state index contributed by atoms with van der Waals surface area (Å²) < 4.78 is 6.06. The standard InChI is InChI=1S/C19H16ClNO/c1-3-11-21(2)13-14-12-16-17(20)8-6-10-19(16)22-18-9-5-4-7-15(14)18/h1,4-10,12H,11,13H2,2H3. The smallest absolute Gasteiger partial charge is 0.136 e. The van der Waals surface area contributed by atoms with Crippen molar-refractivity contribution < 1.29 is 4.74 Å². The Morgan fingerprint density at radius 3 is 2.73 bits per heavy atom. The largest absolute Gasteiger partial charge is 0.456 e. The normalized spacial score (nSPS) is 12.5. The van der Waals surface area contributed by atoms with E-state index in [2.05, 4.69) is 23.0 Å². The molecule has 3 heteroatoms. The molecule has 0 aliphatic carbocycles. The third-order valence-corrected chi connectivity index (χ3v) is 3.92. The maximum atomic E-state index is 6.35. The molecule has 2 aromatic rings. The van der Waals surface area contributed by atoms with Crippen molar-refractivity contribution in [3.05, 3.63) is 58.6 Å². The predicted octanol–water partition coefficient (Wildman–Crippen LogP) is 4.55. The monoisotopic (exact) mass is 309 g/mol. The fraction of sp³-hybridized carbons (Fsp3) is 0.158. The third-order valence-electron chi connectivity index (χ3n) is 3.59. The molecule has 1 heterocycles. The van der Waals surface area contributed by atoms with Crippen LogP contribution in [0, 0.1) is 12.3 Å². The zero-order valence-electron chi connectivity index (χ0n) is 12.3. The zero-order valence-corrected chi connectivity index (χ0v) is 13.1. The van der Waals surface area contributed by atoms with Gasteiger partial charge >= 0.3 is 0 Å². The summed E-state index contributed by atoms with van der Waals surface area (Å²) in [7, 11) is 2.00.